The zero-order valence-corrected chi connectivity index (χ0v) is 10.5. The molecule has 1 aromatic rings. The van der Waals surface area contributed by atoms with Gasteiger partial charge in [0.2, 0.25) is 0 Å². The molecule has 0 aliphatic carbocycles. The highest BCUT2D eigenvalue weighted by Gasteiger charge is 2.42. The molecule has 2 aliphatic rings. The Balaban J connectivity index is 2.36. The topological polar surface area (TPSA) is 9.23 Å². The molecule has 1 aromatic carbocycles. The average molecular weight is 284 g/mol. The molecule has 0 saturated carbocycles. The van der Waals surface area contributed by atoms with Crippen molar-refractivity contribution in [1.29, 1.82) is 0 Å². The molecule has 0 unspecified atom stereocenters. The molecule has 80 valence electrons. The van der Waals surface area contributed by atoms with Crippen LogP contribution in [0.3, 0.4) is 0 Å². The molecule has 2 atom stereocenters. The predicted molar refractivity (Wildman–Crippen MR) is 62.3 cm³/mol. The van der Waals surface area contributed by atoms with Gasteiger partial charge in [0.15, 0.2) is 0 Å². The van der Waals surface area contributed by atoms with E-state index in [-0.39, 0.29) is 12.2 Å². The third-order valence-electron chi connectivity index (χ3n) is 3.00. The highest BCUT2D eigenvalue weighted by atomic mass is 35.5. The Hall–Kier alpha value is 0.340. The van der Waals surface area contributed by atoms with Crippen molar-refractivity contribution in [3.63, 3.8) is 0 Å². The first-order valence-electron chi connectivity index (χ1n) is 4.62. The SMILES string of the molecule is Clc1c(Cl)c(Cl)c2c(c1Cl)[C@H]1CC[C@H]2O1. The molecular weight excluding hydrogens is 278 g/mol. The van der Waals surface area contributed by atoms with Crippen molar-refractivity contribution in [3.8, 4) is 0 Å². The van der Waals surface area contributed by atoms with Crippen LogP contribution in [0.2, 0.25) is 20.1 Å². The molecule has 2 aliphatic heterocycles. The van der Waals surface area contributed by atoms with E-state index in [1.165, 1.54) is 0 Å². The Morgan fingerprint density at radius 3 is 1.53 bits per heavy atom. The second kappa shape index (κ2) is 3.41. The Morgan fingerprint density at radius 2 is 1.13 bits per heavy atom. The van der Waals surface area contributed by atoms with Crippen LogP contribution in [-0.2, 0) is 4.74 Å². The summed E-state index contributed by atoms with van der Waals surface area (Å²) in [7, 11) is 0. The summed E-state index contributed by atoms with van der Waals surface area (Å²) < 4.78 is 5.73. The van der Waals surface area contributed by atoms with Gasteiger partial charge in [-0.15, -0.1) is 0 Å². The van der Waals surface area contributed by atoms with Crippen molar-refractivity contribution in [3.05, 3.63) is 31.2 Å². The summed E-state index contributed by atoms with van der Waals surface area (Å²) in [5.74, 6) is 0. The number of hydrogen-bond acceptors (Lipinski definition) is 1. The molecule has 15 heavy (non-hydrogen) atoms. The van der Waals surface area contributed by atoms with Gasteiger partial charge in [0.25, 0.3) is 0 Å². The molecular formula is C10H6Cl4O. The second-order valence-electron chi connectivity index (χ2n) is 3.77. The van der Waals surface area contributed by atoms with Crippen LogP contribution in [0.4, 0.5) is 0 Å². The number of ether oxygens (including phenoxy) is 1. The Bertz CT molecular complexity index is 416. The normalized spacial score (nSPS) is 27.2. The quantitative estimate of drug-likeness (QED) is 0.469. The summed E-state index contributed by atoms with van der Waals surface area (Å²) >= 11 is 24.3. The minimum Gasteiger partial charge on any atom is -0.365 e. The number of fused-ring (bicyclic) bond motifs is 5. The van der Waals surface area contributed by atoms with Gasteiger partial charge in [0.1, 0.15) is 0 Å². The highest BCUT2D eigenvalue weighted by Crippen LogP contribution is 2.58. The molecule has 5 heteroatoms. The van der Waals surface area contributed by atoms with Crippen molar-refractivity contribution in [1.82, 2.24) is 0 Å². The fraction of sp³-hybridized carbons (Fsp3) is 0.400. The van der Waals surface area contributed by atoms with Crippen molar-refractivity contribution < 1.29 is 4.74 Å². The lowest BCUT2D eigenvalue weighted by atomic mass is 9.91. The van der Waals surface area contributed by atoms with E-state index in [1.807, 2.05) is 0 Å². The van der Waals surface area contributed by atoms with Crippen LogP contribution in [0.25, 0.3) is 0 Å². The molecule has 0 amide bonds. The summed E-state index contributed by atoms with van der Waals surface area (Å²) in [6, 6.07) is 0. The van der Waals surface area contributed by atoms with Crippen LogP contribution in [0.1, 0.15) is 36.2 Å². The zero-order valence-electron chi connectivity index (χ0n) is 7.49. The number of halogens is 4. The van der Waals surface area contributed by atoms with E-state index >= 15 is 0 Å². The first kappa shape index (κ1) is 10.5. The molecule has 3 rings (SSSR count). The molecule has 0 spiro atoms. The summed E-state index contributed by atoms with van der Waals surface area (Å²) in [6.45, 7) is 0. The Labute approximate surface area is 107 Å². The maximum atomic E-state index is 6.15. The zero-order chi connectivity index (χ0) is 10.7. The van der Waals surface area contributed by atoms with Crippen LogP contribution in [0.15, 0.2) is 0 Å². The summed E-state index contributed by atoms with van der Waals surface area (Å²) in [4.78, 5) is 0. The van der Waals surface area contributed by atoms with E-state index in [0.717, 1.165) is 24.0 Å². The van der Waals surface area contributed by atoms with Gasteiger partial charge in [-0.2, -0.15) is 0 Å². The lowest BCUT2D eigenvalue weighted by Crippen LogP contribution is -2.01. The fourth-order valence-electron chi connectivity index (χ4n) is 2.36. The van der Waals surface area contributed by atoms with E-state index < -0.39 is 0 Å². The maximum absolute atomic E-state index is 6.15. The Morgan fingerprint density at radius 1 is 0.733 bits per heavy atom. The summed E-state index contributed by atoms with van der Waals surface area (Å²) in [5.41, 5.74) is 1.87. The third-order valence-corrected chi connectivity index (χ3v) is 4.84. The molecule has 0 aromatic heterocycles. The number of rotatable bonds is 0. The van der Waals surface area contributed by atoms with Crippen molar-refractivity contribution in [2.24, 2.45) is 0 Å². The monoisotopic (exact) mass is 282 g/mol. The van der Waals surface area contributed by atoms with E-state index in [0.29, 0.717) is 20.1 Å². The highest BCUT2D eigenvalue weighted by molar-refractivity contribution is 6.52. The molecule has 1 fully saturated rings. The van der Waals surface area contributed by atoms with Crippen LogP contribution < -0.4 is 0 Å². The van der Waals surface area contributed by atoms with Crippen LogP contribution >= 0.6 is 46.4 Å². The first-order valence-corrected chi connectivity index (χ1v) is 6.13. The van der Waals surface area contributed by atoms with Gasteiger partial charge >= 0.3 is 0 Å². The Kier molecular flexibility index (Phi) is 2.39. The lowest BCUT2D eigenvalue weighted by molar-refractivity contribution is 0.0717. The molecule has 2 heterocycles. The fourth-order valence-corrected chi connectivity index (χ4v) is 3.48. The van der Waals surface area contributed by atoms with Gasteiger partial charge in [-0.1, -0.05) is 46.4 Å². The van der Waals surface area contributed by atoms with Gasteiger partial charge in [-0.3, -0.25) is 0 Å². The molecule has 0 radical (unpaired) electrons. The van der Waals surface area contributed by atoms with Crippen molar-refractivity contribution >= 4 is 46.4 Å². The minimum absolute atomic E-state index is 0.0461. The smallest absolute Gasteiger partial charge is 0.0853 e. The van der Waals surface area contributed by atoms with E-state index in [4.69, 9.17) is 51.1 Å². The van der Waals surface area contributed by atoms with Crippen LogP contribution in [-0.4, -0.2) is 0 Å². The maximum Gasteiger partial charge on any atom is 0.0853 e. The molecule has 0 N–H and O–H groups in total. The van der Waals surface area contributed by atoms with E-state index in [2.05, 4.69) is 0 Å². The molecule has 2 bridgehead atoms. The second-order valence-corrected chi connectivity index (χ2v) is 5.29. The van der Waals surface area contributed by atoms with Crippen LogP contribution in [0.5, 0.6) is 0 Å². The summed E-state index contributed by atoms with van der Waals surface area (Å²) in [6.07, 6.45) is 2.05. The number of hydrogen-bond donors (Lipinski definition) is 0. The number of benzene rings is 1. The van der Waals surface area contributed by atoms with Gasteiger partial charge in [-0.05, 0) is 12.8 Å². The molecule has 1 saturated heterocycles. The summed E-state index contributed by atoms with van der Waals surface area (Å²) in [5, 5.41) is 1.65. The lowest BCUT2D eigenvalue weighted by Gasteiger charge is -2.17. The first-order chi connectivity index (χ1) is 7.11. The van der Waals surface area contributed by atoms with E-state index in [9.17, 15) is 0 Å². The standard InChI is InChI=1S/C10H6Cl4O/c11-7-5-3-1-2-4(15-3)6(5)8(12)10(14)9(7)13/h3-4H,1-2H2/t3-,4-/m1/s1. The van der Waals surface area contributed by atoms with E-state index in [1.54, 1.807) is 0 Å². The minimum atomic E-state index is 0.0461. The van der Waals surface area contributed by atoms with Crippen molar-refractivity contribution in [2.45, 2.75) is 25.0 Å². The van der Waals surface area contributed by atoms with Crippen molar-refractivity contribution in [2.75, 3.05) is 0 Å². The average Bonchev–Trinajstić information content (AvgIpc) is 2.82. The van der Waals surface area contributed by atoms with Gasteiger partial charge in [0, 0.05) is 11.1 Å². The largest absolute Gasteiger partial charge is 0.365 e. The van der Waals surface area contributed by atoms with Gasteiger partial charge in [0.05, 0.1) is 32.3 Å². The predicted octanol–water partition coefficient (Wildman–Crippen LogP) is 5.21. The van der Waals surface area contributed by atoms with Gasteiger partial charge in [-0.25, -0.2) is 0 Å². The third kappa shape index (κ3) is 1.28. The van der Waals surface area contributed by atoms with Gasteiger partial charge < -0.3 is 4.74 Å². The molecule has 1 nitrogen and oxygen atoms in total. The van der Waals surface area contributed by atoms with Crippen LogP contribution in [0, 0.1) is 0 Å².